The highest BCUT2D eigenvalue weighted by molar-refractivity contribution is 5.81. The molecule has 4 rings (SSSR count). The van der Waals surface area contributed by atoms with Crippen molar-refractivity contribution in [3.63, 3.8) is 0 Å². The monoisotopic (exact) mass is 703 g/mol. The Labute approximate surface area is 305 Å². The van der Waals surface area contributed by atoms with Gasteiger partial charge in [-0.15, -0.1) is 0 Å². The SMILES string of the molecule is CCCN(C=O)CC1(C2CC2)CCN(CCc2cccc(CCOCCC(=O)N(C)CCNCCc3ccc(O)c(NC)c3/C=C\C=O)c2)CC1. The van der Waals surface area contributed by atoms with Gasteiger partial charge in [-0.2, -0.15) is 0 Å². The number of phenols is 1. The summed E-state index contributed by atoms with van der Waals surface area (Å²) in [4.78, 5) is 41.5. The molecule has 10 heteroatoms. The number of rotatable bonds is 24. The second kappa shape index (κ2) is 21.0. The zero-order chi connectivity index (χ0) is 36.5. The number of anilines is 1. The number of likely N-dealkylation sites (N-methyl/N-ethyl adjacent to an activating group) is 1. The van der Waals surface area contributed by atoms with Crippen LogP contribution in [0.4, 0.5) is 5.69 Å². The van der Waals surface area contributed by atoms with Crippen molar-refractivity contribution >= 4 is 30.4 Å². The van der Waals surface area contributed by atoms with Crippen LogP contribution in [0, 0.1) is 11.3 Å². The molecule has 0 bridgehead atoms. The van der Waals surface area contributed by atoms with E-state index in [9.17, 15) is 19.5 Å². The maximum absolute atomic E-state index is 12.6. The van der Waals surface area contributed by atoms with Gasteiger partial charge in [0, 0.05) is 52.4 Å². The third-order valence-electron chi connectivity index (χ3n) is 10.7. The molecule has 1 aliphatic heterocycles. The summed E-state index contributed by atoms with van der Waals surface area (Å²) < 4.78 is 5.86. The summed E-state index contributed by atoms with van der Waals surface area (Å²) in [6.45, 7) is 10.2. The van der Waals surface area contributed by atoms with E-state index in [4.69, 9.17) is 4.74 Å². The largest absolute Gasteiger partial charge is 0.506 e. The average Bonchev–Trinajstić information content (AvgIpc) is 4.00. The van der Waals surface area contributed by atoms with Gasteiger partial charge in [-0.05, 0) is 117 Å². The Morgan fingerprint density at radius 1 is 1.04 bits per heavy atom. The van der Waals surface area contributed by atoms with E-state index < -0.39 is 0 Å². The number of amides is 2. The molecule has 2 aromatic rings. The Hall–Kier alpha value is -3.73. The summed E-state index contributed by atoms with van der Waals surface area (Å²) in [6, 6.07) is 12.3. The Bertz CT molecular complexity index is 1420. The first-order valence-corrected chi connectivity index (χ1v) is 19.0. The van der Waals surface area contributed by atoms with Crippen molar-refractivity contribution in [1.29, 1.82) is 0 Å². The number of nitrogens with one attached hydrogen (secondary N) is 2. The molecule has 3 N–H and O–H groups in total. The first kappa shape index (κ1) is 40.0. The van der Waals surface area contributed by atoms with E-state index in [-0.39, 0.29) is 11.7 Å². The van der Waals surface area contributed by atoms with Crippen molar-refractivity contribution in [3.05, 3.63) is 64.7 Å². The lowest BCUT2D eigenvalue weighted by Crippen LogP contribution is -2.47. The van der Waals surface area contributed by atoms with Gasteiger partial charge >= 0.3 is 0 Å². The number of phenolic OH excluding ortho intramolecular Hbond substituents is 1. The van der Waals surface area contributed by atoms with Crippen molar-refractivity contribution in [2.24, 2.45) is 11.3 Å². The highest BCUT2D eigenvalue weighted by atomic mass is 16.5. The van der Waals surface area contributed by atoms with Gasteiger partial charge in [0.15, 0.2) is 0 Å². The topological polar surface area (TPSA) is 114 Å². The number of likely N-dealkylation sites (tertiary alicyclic amines) is 1. The third-order valence-corrected chi connectivity index (χ3v) is 10.7. The van der Waals surface area contributed by atoms with E-state index >= 15 is 0 Å². The van der Waals surface area contributed by atoms with Crippen LogP contribution in [-0.2, 0) is 38.4 Å². The van der Waals surface area contributed by atoms with E-state index in [1.807, 2.05) is 18.0 Å². The molecule has 51 heavy (non-hydrogen) atoms. The normalized spacial score (nSPS) is 15.9. The van der Waals surface area contributed by atoms with Gasteiger partial charge in [-0.3, -0.25) is 14.4 Å². The standard InChI is InChI=1S/C41H61N5O5/c1-4-22-46(32-48)31-41(36-11-12-36)18-24-45(25-19-41)23-15-33-7-5-8-34(30-33)16-28-51-29-17-39(50)44(3)26-21-43-20-14-35-10-13-38(49)40(42-2)37(35)9-6-27-47/h5-10,13,27,30,32,36,42-43,49H,4,11-12,14-26,28-29,31H2,1-3H3/b9-6-. The van der Waals surface area contributed by atoms with Crippen LogP contribution >= 0.6 is 0 Å². The highest BCUT2D eigenvalue weighted by Gasteiger charge is 2.47. The number of aromatic hydroxyl groups is 1. The van der Waals surface area contributed by atoms with Crippen molar-refractivity contribution in [3.8, 4) is 5.75 Å². The van der Waals surface area contributed by atoms with Crippen LogP contribution in [0.1, 0.15) is 67.7 Å². The second-order valence-electron chi connectivity index (χ2n) is 14.3. The lowest BCUT2D eigenvalue weighted by atomic mass is 9.73. The summed E-state index contributed by atoms with van der Waals surface area (Å²) >= 11 is 0. The van der Waals surface area contributed by atoms with Crippen LogP contribution in [0.3, 0.4) is 0 Å². The third kappa shape index (κ3) is 12.5. The van der Waals surface area contributed by atoms with Crippen LogP contribution < -0.4 is 10.6 Å². The highest BCUT2D eigenvalue weighted by Crippen LogP contribution is 2.52. The molecule has 1 aliphatic carbocycles. The van der Waals surface area contributed by atoms with Crippen LogP contribution in [0.2, 0.25) is 0 Å². The molecule has 1 saturated heterocycles. The minimum Gasteiger partial charge on any atom is -0.506 e. The van der Waals surface area contributed by atoms with Crippen molar-refractivity contribution in [2.75, 3.05) is 85.0 Å². The van der Waals surface area contributed by atoms with Gasteiger partial charge in [-0.1, -0.05) is 37.3 Å². The fraction of sp³-hybridized carbons (Fsp3) is 0.585. The van der Waals surface area contributed by atoms with E-state index in [0.717, 1.165) is 81.7 Å². The van der Waals surface area contributed by atoms with E-state index in [1.54, 1.807) is 24.1 Å². The molecule has 2 aromatic carbocycles. The first-order valence-electron chi connectivity index (χ1n) is 19.0. The fourth-order valence-electron chi connectivity index (χ4n) is 7.52. The average molecular weight is 704 g/mol. The first-order chi connectivity index (χ1) is 24.8. The van der Waals surface area contributed by atoms with Gasteiger partial charge in [-0.25, -0.2) is 0 Å². The fourth-order valence-corrected chi connectivity index (χ4v) is 7.52. The van der Waals surface area contributed by atoms with Crippen LogP contribution in [-0.4, -0.2) is 118 Å². The maximum Gasteiger partial charge on any atom is 0.224 e. The molecule has 0 atom stereocenters. The number of aldehydes is 1. The van der Waals surface area contributed by atoms with E-state index in [0.29, 0.717) is 56.8 Å². The van der Waals surface area contributed by atoms with Crippen LogP contribution in [0.5, 0.6) is 5.75 Å². The minimum atomic E-state index is 0.0615. The molecule has 2 amide bonds. The number of carbonyl (C=O) groups is 3. The molecule has 0 unspecified atom stereocenters. The number of carbonyl (C=O) groups excluding carboxylic acids is 3. The Balaban J connectivity index is 1.08. The van der Waals surface area contributed by atoms with Gasteiger partial charge in [0.1, 0.15) is 12.0 Å². The lowest BCUT2D eigenvalue weighted by Gasteiger charge is -2.44. The molecule has 0 radical (unpaired) electrons. The maximum atomic E-state index is 12.6. The van der Waals surface area contributed by atoms with Crippen molar-refractivity contribution in [1.82, 2.24) is 20.0 Å². The molecule has 0 spiro atoms. The molecule has 280 valence electrons. The number of hydrogen-bond donors (Lipinski definition) is 3. The zero-order valence-electron chi connectivity index (χ0n) is 31.2. The Morgan fingerprint density at radius 3 is 2.49 bits per heavy atom. The van der Waals surface area contributed by atoms with Crippen molar-refractivity contribution < 1.29 is 24.2 Å². The van der Waals surface area contributed by atoms with E-state index in [2.05, 4.69) is 46.7 Å². The van der Waals surface area contributed by atoms with E-state index in [1.165, 1.54) is 42.9 Å². The molecule has 10 nitrogen and oxygen atoms in total. The molecule has 2 aliphatic rings. The molecular weight excluding hydrogens is 642 g/mol. The second-order valence-corrected chi connectivity index (χ2v) is 14.3. The number of allylic oxidation sites excluding steroid dienone is 1. The summed E-state index contributed by atoms with van der Waals surface area (Å²) in [5, 5.41) is 16.5. The predicted octanol–water partition coefficient (Wildman–Crippen LogP) is 4.79. The van der Waals surface area contributed by atoms with Gasteiger partial charge < -0.3 is 35.2 Å². The number of benzene rings is 2. The van der Waals surface area contributed by atoms with Gasteiger partial charge in [0.05, 0.1) is 25.3 Å². The predicted molar refractivity (Wildman–Crippen MR) is 205 cm³/mol. The summed E-state index contributed by atoms with van der Waals surface area (Å²) in [6.07, 6.45) is 13.9. The Kier molecular flexibility index (Phi) is 16.5. The van der Waals surface area contributed by atoms with Gasteiger partial charge in [0.25, 0.3) is 0 Å². The van der Waals surface area contributed by atoms with Crippen LogP contribution in [0.15, 0.2) is 42.5 Å². The summed E-state index contributed by atoms with van der Waals surface area (Å²) in [5.41, 5.74) is 5.34. The number of ether oxygens (including phenoxy) is 1. The molecule has 1 heterocycles. The molecule has 1 saturated carbocycles. The molecule has 0 aromatic heterocycles. The summed E-state index contributed by atoms with van der Waals surface area (Å²) in [7, 11) is 3.56. The minimum absolute atomic E-state index is 0.0615. The zero-order valence-corrected chi connectivity index (χ0v) is 31.2. The molecule has 2 fully saturated rings. The number of nitrogens with zero attached hydrogens (tertiary/aromatic N) is 3. The lowest BCUT2D eigenvalue weighted by molar-refractivity contribution is -0.131. The summed E-state index contributed by atoms with van der Waals surface area (Å²) in [5.74, 6) is 1.00. The quantitative estimate of drug-likeness (QED) is 0.0620. The number of piperidine rings is 1. The number of hydrogen-bond acceptors (Lipinski definition) is 8. The van der Waals surface area contributed by atoms with Crippen molar-refractivity contribution in [2.45, 2.75) is 64.7 Å². The Morgan fingerprint density at radius 2 is 1.80 bits per heavy atom. The van der Waals surface area contributed by atoms with Gasteiger partial charge in [0.2, 0.25) is 12.3 Å². The smallest absolute Gasteiger partial charge is 0.224 e. The molecular formula is C41H61N5O5. The van der Waals surface area contributed by atoms with Crippen LogP contribution in [0.25, 0.3) is 6.08 Å².